The highest BCUT2D eigenvalue weighted by atomic mass is 19.1. The standard InChI is InChI=1S/C13H20FNO/c1-8-7-9(5-6-10(8)14)11(15)12(16)13(2,3)4/h5-7,11-12,16H,15H2,1-4H3/t11-,12-/m0/s1. The summed E-state index contributed by atoms with van der Waals surface area (Å²) in [5.41, 5.74) is 7.00. The van der Waals surface area contributed by atoms with E-state index < -0.39 is 12.1 Å². The summed E-state index contributed by atoms with van der Waals surface area (Å²) in [6.45, 7) is 7.46. The van der Waals surface area contributed by atoms with Gasteiger partial charge in [0.25, 0.3) is 0 Å². The van der Waals surface area contributed by atoms with Crippen molar-refractivity contribution in [1.29, 1.82) is 0 Å². The Balaban J connectivity index is 2.97. The average molecular weight is 225 g/mol. The Morgan fingerprint density at radius 1 is 1.31 bits per heavy atom. The molecule has 3 N–H and O–H groups in total. The fourth-order valence-electron chi connectivity index (χ4n) is 1.60. The maximum Gasteiger partial charge on any atom is 0.126 e. The van der Waals surface area contributed by atoms with Crippen LogP contribution in [0.15, 0.2) is 18.2 Å². The van der Waals surface area contributed by atoms with Gasteiger partial charge in [0.15, 0.2) is 0 Å². The molecule has 1 aromatic rings. The molecule has 0 aliphatic heterocycles. The molecular weight excluding hydrogens is 205 g/mol. The number of halogens is 1. The van der Waals surface area contributed by atoms with E-state index >= 15 is 0 Å². The van der Waals surface area contributed by atoms with Gasteiger partial charge in [-0.25, -0.2) is 4.39 Å². The van der Waals surface area contributed by atoms with Crippen LogP contribution in [0.4, 0.5) is 4.39 Å². The number of nitrogens with two attached hydrogens (primary N) is 1. The Labute approximate surface area is 96.3 Å². The maximum absolute atomic E-state index is 13.1. The molecule has 0 saturated carbocycles. The summed E-state index contributed by atoms with van der Waals surface area (Å²) in [5.74, 6) is -0.249. The summed E-state index contributed by atoms with van der Waals surface area (Å²) >= 11 is 0. The van der Waals surface area contributed by atoms with Crippen LogP contribution in [0.2, 0.25) is 0 Å². The highest BCUT2D eigenvalue weighted by molar-refractivity contribution is 5.27. The second-order valence-corrected chi connectivity index (χ2v) is 5.35. The van der Waals surface area contributed by atoms with E-state index in [0.29, 0.717) is 5.56 Å². The minimum Gasteiger partial charge on any atom is -0.391 e. The molecule has 0 aliphatic carbocycles. The summed E-state index contributed by atoms with van der Waals surface area (Å²) < 4.78 is 13.1. The van der Waals surface area contributed by atoms with E-state index in [1.807, 2.05) is 20.8 Å². The van der Waals surface area contributed by atoms with Crippen LogP contribution in [0.25, 0.3) is 0 Å². The normalized spacial score (nSPS) is 15.9. The van der Waals surface area contributed by atoms with Gasteiger partial charge >= 0.3 is 0 Å². The first-order chi connectivity index (χ1) is 7.23. The van der Waals surface area contributed by atoms with Crippen LogP contribution in [0.1, 0.15) is 37.9 Å². The SMILES string of the molecule is Cc1cc([C@H](N)[C@H](O)C(C)(C)C)ccc1F. The fraction of sp³-hybridized carbons (Fsp3) is 0.538. The summed E-state index contributed by atoms with van der Waals surface area (Å²) in [5, 5.41) is 10.0. The second-order valence-electron chi connectivity index (χ2n) is 5.35. The first-order valence-corrected chi connectivity index (χ1v) is 5.43. The van der Waals surface area contributed by atoms with Crippen molar-refractivity contribution < 1.29 is 9.50 Å². The van der Waals surface area contributed by atoms with Gasteiger partial charge in [-0.05, 0) is 29.5 Å². The zero-order valence-corrected chi connectivity index (χ0v) is 10.3. The number of aryl methyl sites for hydroxylation is 1. The lowest BCUT2D eigenvalue weighted by Crippen LogP contribution is -2.37. The largest absolute Gasteiger partial charge is 0.391 e. The van der Waals surface area contributed by atoms with E-state index in [1.54, 1.807) is 19.1 Å². The molecule has 0 spiro atoms. The smallest absolute Gasteiger partial charge is 0.126 e. The van der Waals surface area contributed by atoms with E-state index in [1.165, 1.54) is 6.07 Å². The molecule has 0 fully saturated rings. The number of rotatable bonds is 2. The molecule has 0 radical (unpaired) electrons. The van der Waals surface area contributed by atoms with E-state index in [0.717, 1.165) is 5.56 Å². The summed E-state index contributed by atoms with van der Waals surface area (Å²) in [4.78, 5) is 0. The topological polar surface area (TPSA) is 46.2 Å². The minimum atomic E-state index is -0.655. The summed E-state index contributed by atoms with van der Waals surface area (Å²) in [6, 6.07) is 4.22. The van der Waals surface area contributed by atoms with Gasteiger partial charge in [0, 0.05) is 0 Å². The van der Waals surface area contributed by atoms with Gasteiger partial charge in [-0.2, -0.15) is 0 Å². The number of benzene rings is 1. The van der Waals surface area contributed by atoms with Gasteiger partial charge in [-0.1, -0.05) is 32.9 Å². The summed E-state index contributed by atoms with van der Waals surface area (Å²) in [7, 11) is 0. The van der Waals surface area contributed by atoms with Crippen LogP contribution < -0.4 is 5.73 Å². The van der Waals surface area contributed by atoms with E-state index in [9.17, 15) is 9.50 Å². The Bertz CT molecular complexity index is 371. The Hall–Kier alpha value is -0.930. The monoisotopic (exact) mass is 225 g/mol. The van der Waals surface area contributed by atoms with Crippen molar-refractivity contribution in [1.82, 2.24) is 0 Å². The third-order valence-electron chi connectivity index (χ3n) is 2.79. The Morgan fingerprint density at radius 2 is 1.88 bits per heavy atom. The minimum absolute atomic E-state index is 0.249. The van der Waals surface area contributed by atoms with E-state index in [-0.39, 0.29) is 11.2 Å². The van der Waals surface area contributed by atoms with Crippen LogP contribution in [-0.4, -0.2) is 11.2 Å². The molecule has 2 atom stereocenters. The molecule has 1 rings (SSSR count). The Morgan fingerprint density at radius 3 is 2.31 bits per heavy atom. The molecule has 0 heterocycles. The zero-order chi connectivity index (χ0) is 12.5. The van der Waals surface area contributed by atoms with Crippen molar-refractivity contribution in [2.45, 2.75) is 39.8 Å². The second kappa shape index (κ2) is 4.52. The lowest BCUT2D eigenvalue weighted by molar-refractivity contribution is 0.0401. The molecule has 3 heteroatoms. The van der Waals surface area contributed by atoms with Gasteiger partial charge in [0.2, 0.25) is 0 Å². The third-order valence-corrected chi connectivity index (χ3v) is 2.79. The van der Waals surface area contributed by atoms with Crippen molar-refractivity contribution in [3.63, 3.8) is 0 Å². The zero-order valence-electron chi connectivity index (χ0n) is 10.3. The molecule has 0 bridgehead atoms. The van der Waals surface area contributed by atoms with E-state index in [2.05, 4.69) is 0 Å². The van der Waals surface area contributed by atoms with Crippen LogP contribution in [0.3, 0.4) is 0 Å². The molecular formula is C13H20FNO. The highest BCUT2D eigenvalue weighted by Crippen LogP contribution is 2.29. The van der Waals surface area contributed by atoms with Crippen molar-refractivity contribution >= 4 is 0 Å². The molecule has 0 amide bonds. The fourth-order valence-corrected chi connectivity index (χ4v) is 1.60. The molecule has 0 saturated heterocycles. The van der Waals surface area contributed by atoms with E-state index in [4.69, 9.17) is 5.73 Å². The molecule has 1 aromatic carbocycles. The number of hydrogen-bond donors (Lipinski definition) is 2. The predicted octanol–water partition coefficient (Wildman–Crippen LogP) is 2.54. The van der Waals surface area contributed by atoms with Crippen LogP contribution in [0.5, 0.6) is 0 Å². The molecule has 0 aromatic heterocycles. The van der Waals surface area contributed by atoms with Gasteiger partial charge < -0.3 is 10.8 Å². The number of aliphatic hydroxyl groups excluding tert-OH is 1. The quantitative estimate of drug-likeness (QED) is 0.812. The van der Waals surface area contributed by atoms with Crippen molar-refractivity contribution in [2.24, 2.45) is 11.1 Å². The number of hydrogen-bond acceptors (Lipinski definition) is 2. The first-order valence-electron chi connectivity index (χ1n) is 5.43. The lowest BCUT2D eigenvalue weighted by Gasteiger charge is -2.31. The first kappa shape index (κ1) is 13.1. The van der Waals surface area contributed by atoms with Gasteiger partial charge in [-0.3, -0.25) is 0 Å². The maximum atomic E-state index is 13.1. The third kappa shape index (κ3) is 2.80. The molecule has 90 valence electrons. The van der Waals surface area contributed by atoms with Crippen LogP contribution >= 0.6 is 0 Å². The van der Waals surface area contributed by atoms with Gasteiger partial charge in [-0.15, -0.1) is 0 Å². The predicted molar refractivity (Wildman–Crippen MR) is 63.5 cm³/mol. The summed E-state index contributed by atoms with van der Waals surface area (Å²) in [6.07, 6.45) is -0.655. The Kier molecular flexibility index (Phi) is 3.71. The molecule has 0 unspecified atom stereocenters. The number of aliphatic hydroxyl groups is 1. The van der Waals surface area contributed by atoms with Gasteiger partial charge in [0.05, 0.1) is 12.1 Å². The average Bonchev–Trinajstić information content (AvgIpc) is 2.18. The molecule has 16 heavy (non-hydrogen) atoms. The van der Waals surface area contributed by atoms with Crippen LogP contribution in [0, 0.1) is 18.2 Å². The molecule has 2 nitrogen and oxygen atoms in total. The lowest BCUT2D eigenvalue weighted by atomic mass is 9.82. The molecule has 0 aliphatic rings. The highest BCUT2D eigenvalue weighted by Gasteiger charge is 2.29. The van der Waals surface area contributed by atoms with Crippen LogP contribution in [-0.2, 0) is 0 Å². The van der Waals surface area contributed by atoms with Crippen molar-refractivity contribution in [3.8, 4) is 0 Å². The van der Waals surface area contributed by atoms with Crippen molar-refractivity contribution in [2.75, 3.05) is 0 Å². The van der Waals surface area contributed by atoms with Gasteiger partial charge in [0.1, 0.15) is 5.82 Å². The van der Waals surface area contributed by atoms with Crippen molar-refractivity contribution in [3.05, 3.63) is 35.1 Å².